The normalized spacial score (nSPS) is 13.2. The van der Waals surface area contributed by atoms with E-state index in [1.54, 1.807) is 18.3 Å². The fraction of sp³-hybridized carbons (Fsp3) is 0.667. The first-order valence-corrected chi connectivity index (χ1v) is 9.87. The summed E-state index contributed by atoms with van der Waals surface area (Å²) in [7, 11) is 0. The molecule has 2 rings (SSSR count). The SMILES string of the molecule is CCC[NH+](CCC)CC(=O)Nc1sc2c(c1C(=O)OCC)CCC2. The molecule has 1 aromatic rings. The fourth-order valence-corrected chi connectivity index (χ4v) is 4.61. The number of aryl methyl sites for hydroxylation is 1. The van der Waals surface area contributed by atoms with Crippen LogP contribution in [0, 0.1) is 0 Å². The molecule has 5 nitrogen and oxygen atoms in total. The zero-order valence-corrected chi connectivity index (χ0v) is 15.8. The van der Waals surface area contributed by atoms with Gasteiger partial charge in [0.1, 0.15) is 5.00 Å². The maximum absolute atomic E-state index is 12.5. The average molecular weight is 354 g/mol. The van der Waals surface area contributed by atoms with E-state index in [4.69, 9.17) is 4.74 Å². The molecule has 1 aromatic heterocycles. The van der Waals surface area contributed by atoms with Gasteiger partial charge in [0.15, 0.2) is 6.54 Å². The summed E-state index contributed by atoms with van der Waals surface area (Å²) in [6.07, 6.45) is 5.09. The van der Waals surface area contributed by atoms with E-state index in [0.717, 1.165) is 50.8 Å². The molecule has 0 saturated carbocycles. The molecule has 1 heterocycles. The van der Waals surface area contributed by atoms with Crippen molar-refractivity contribution in [2.45, 2.75) is 52.9 Å². The highest BCUT2D eigenvalue weighted by atomic mass is 32.1. The van der Waals surface area contributed by atoms with Crippen LogP contribution in [0.1, 0.15) is 60.8 Å². The topological polar surface area (TPSA) is 59.8 Å². The highest BCUT2D eigenvalue weighted by molar-refractivity contribution is 7.17. The van der Waals surface area contributed by atoms with Crippen LogP contribution in [-0.4, -0.2) is 38.1 Å². The van der Waals surface area contributed by atoms with E-state index in [1.807, 2.05) is 0 Å². The quantitative estimate of drug-likeness (QED) is 0.668. The minimum atomic E-state index is -0.307. The molecular weight excluding hydrogens is 324 g/mol. The molecule has 2 N–H and O–H groups in total. The molecule has 0 saturated heterocycles. The largest absolute Gasteiger partial charge is 0.462 e. The van der Waals surface area contributed by atoms with Crippen LogP contribution in [0.4, 0.5) is 5.00 Å². The molecule has 0 aliphatic heterocycles. The van der Waals surface area contributed by atoms with Crippen molar-refractivity contribution < 1.29 is 19.2 Å². The lowest BCUT2D eigenvalue weighted by Gasteiger charge is -2.17. The van der Waals surface area contributed by atoms with Gasteiger partial charge in [-0.1, -0.05) is 13.8 Å². The predicted octanol–water partition coefficient (Wildman–Crippen LogP) is 2.06. The maximum atomic E-state index is 12.5. The van der Waals surface area contributed by atoms with Crippen molar-refractivity contribution in [2.75, 3.05) is 31.6 Å². The van der Waals surface area contributed by atoms with Gasteiger partial charge in [-0.3, -0.25) is 4.79 Å². The third kappa shape index (κ3) is 4.57. The van der Waals surface area contributed by atoms with Crippen molar-refractivity contribution >= 4 is 28.2 Å². The number of thiophene rings is 1. The van der Waals surface area contributed by atoms with E-state index in [2.05, 4.69) is 19.2 Å². The molecule has 24 heavy (non-hydrogen) atoms. The number of ether oxygens (including phenoxy) is 1. The number of fused-ring (bicyclic) bond motifs is 1. The Morgan fingerprint density at radius 2 is 1.88 bits per heavy atom. The second kappa shape index (κ2) is 9.18. The van der Waals surface area contributed by atoms with E-state index in [0.29, 0.717) is 23.7 Å². The van der Waals surface area contributed by atoms with Gasteiger partial charge in [0.25, 0.3) is 5.91 Å². The van der Waals surface area contributed by atoms with Crippen molar-refractivity contribution in [1.82, 2.24) is 0 Å². The van der Waals surface area contributed by atoms with Crippen LogP contribution in [0.5, 0.6) is 0 Å². The number of esters is 1. The van der Waals surface area contributed by atoms with Crippen LogP contribution in [0.15, 0.2) is 0 Å². The number of nitrogens with one attached hydrogen (secondary N) is 2. The lowest BCUT2D eigenvalue weighted by atomic mass is 10.1. The number of anilines is 1. The van der Waals surface area contributed by atoms with Gasteiger partial charge < -0.3 is 15.0 Å². The second-order valence-corrected chi connectivity index (χ2v) is 7.36. The Bertz CT molecular complexity index is 577. The van der Waals surface area contributed by atoms with E-state index < -0.39 is 0 Å². The van der Waals surface area contributed by atoms with Gasteiger partial charge in [-0.15, -0.1) is 11.3 Å². The van der Waals surface area contributed by atoms with Gasteiger partial charge in [-0.25, -0.2) is 4.79 Å². The summed E-state index contributed by atoms with van der Waals surface area (Å²) in [5.74, 6) is -0.323. The van der Waals surface area contributed by atoms with Crippen molar-refractivity contribution in [2.24, 2.45) is 0 Å². The Hall–Kier alpha value is -1.40. The van der Waals surface area contributed by atoms with Crippen LogP contribution >= 0.6 is 11.3 Å². The van der Waals surface area contributed by atoms with Crippen molar-refractivity contribution in [1.29, 1.82) is 0 Å². The van der Waals surface area contributed by atoms with Crippen LogP contribution < -0.4 is 10.2 Å². The van der Waals surface area contributed by atoms with Crippen LogP contribution in [0.3, 0.4) is 0 Å². The molecule has 0 bridgehead atoms. The van der Waals surface area contributed by atoms with E-state index in [-0.39, 0.29) is 11.9 Å². The Kier molecular flexibility index (Phi) is 7.24. The minimum Gasteiger partial charge on any atom is -0.462 e. The average Bonchev–Trinajstić information content (AvgIpc) is 3.08. The summed E-state index contributed by atoms with van der Waals surface area (Å²) < 4.78 is 5.20. The van der Waals surface area contributed by atoms with Crippen molar-refractivity contribution in [3.05, 3.63) is 16.0 Å². The molecular formula is C18H29N2O3S+. The van der Waals surface area contributed by atoms with E-state index in [9.17, 15) is 9.59 Å². The first kappa shape index (κ1) is 18.9. The Morgan fingerprint density at radius 3 is 2.50 bits per heavy atom. The van der Waals surface area contributed by atoms with Gasteiger partial charge in [0, 0.05) is 4.88 Å². The number of hydrogen-bond acceptors (Lipinski definition) is 4. The third-order valence-corrected chi connectivity index (χ3v) is 5.48. The van der Waals surface area contributed by atoms with Gasteiger partial charge >= 0.3 is 5.97 Å². The fourth-order valence-electron chi connectivity index (χ4n) is 3.32. The number of carbonyl (C=O) groups is 2. The zero-order valence-electron chi connectivity index (χ0n) is 15.0. The second-order valence-electron chi connectivity index (χ2n) is 6.26. The summed E-state index contributed by atoms with van der Waals surface area (Å²) in [4.78, 5) is 27.3. The van der Waals surface area contributed by atoms with Gasteiger partial charge in [-0.2, -0.15) is 0 Å². The molecule has 0 fully saturated rings. The van der Waals surface area contributed by atoms with Crippen LogP contribution in [0.25, 0.3) is 0 Å². The van der Waals surface area contributed by atoms with Gasteiger partial charge in [0.05, 0.1) is 25.3 Å². The lowest BCUT2D eigenvalue weighted by molar-refractivity contribution is -0.891. The summed E-state index contributed by atoms with van der Waals surface area (Å²) in [6.45, 7) is 8.86. The summed E-state index contributed by atoms with van der Waals surface area (Å²) in [5, 5.41) is 3.66. The summed E-state index contributed by atoms with van der Waals surface area (Å²) in [6, 6.07) is 0. The van der Waals surface area contributed by atoms with Gasteiger partial charge in [0.2, 0.25) is 0 Å². The van der Waals surface area contributed by atoms with E-state index in [1.165, 1.54) is 9.78 Å². The van der Waals surface area contributed by atoms with Crippen LogP contribution in [-0.2, 0) is 22.4 Å². The molecule has 0 aromatic carbocycles. The molecule has 1 aliphatic carbocycles. The number of hydrogen-bond donors (Lipinski definition) is 2. The number of amides is 1. The van der Waals surface area contributed by atoms with Gasteiger partial charge in [-0.05, 0) is 44.6 Å². The molecule has 0 spiro atoms. The smallest absolute Gasteiger partial charge is 0.341 e. The monoisotopic (exact) mass is 353 g/mol. The predicted molar refractivity (Wildman–Crippen MR) is 97.1 cm³/mol. The highest BCUT2D eigenvalue weighted by Crippen LogP contribution is 2.39. The molecule has 1 aliphatic rings. The van der Waals surface area contributed by atoms with Crippen LogP contribution in [0.2, 0.25) is 0 Å². The summed E-state index contributed by atoms with van der Waals surface area (Å²) >= 11 is 1.54. The number of quaternary nitrogens is 1. The first-order valence-electron chi connectivity index (χ1n) is 9.05. The Labute approximate surface area is 148 Å². The van der Waals surface area contributed by atoms with E-state index >= 15 is 0 Å². The first-order chi connectivity index (χ1) is 11.6. The standard InChI is InChI=1S/C18H28N2O3S/c1-4-10-20(11-5-2)12-15(21)19-17-16(18(22)23-6-3)13-8-7-9-14(13)24-17/h4-12H2,1-3H3,(H,19,21)/p+1. The Morgan fingerprint density at radius 1 is 1.17 bits per heavy atom. The number of rotatable bonds is 9. The minimum absolute atomic E-state index is 0.0163. The molecule has 134 valence electrons. The molecule has 6 heteroatoms. The zero-order chi connectivity index (χ0) is 17.5. The molecule has 1 amide bonds. The van der Waals surface area contributed by atoms with Crippen molar-refractivity contribution in [3.8, 4) is 0 Å². The molecule has 0 atom stereocenters. The molecule has 0 radical (unpaired) electrons. The molecule has 0 unspecified atom stereocenters. The third-order valence-electron chi connectivity index (χ3n) is 4.27. The maximum Gasteiger partial charge on any atom is 0.341 e. The highest BCUT2D eigenvalue weighted by Gasteiger charge is 2.28. The number of carbonyl (C=O) groups excluding carboxylic acids is 2. The lowest BCUT2D eigenvalue weighted by Crippen LogP contribution is -3.13. The Balaban J connectivity index is 2.11. The summed E-state index contributed by atoms with van der Waals surface area (Å²) in [5.41, 5.74) is 1.68. The van der Waals surface area contributed by atoms with Crippen molar-refractivity contribution in [3.63, 3.8) is 0 Å².